The molecule has 1 rings (SSSR count). The predicted octanol–water partition coefficient (Wildman–Crippen LogP) is 2.54. The molecule has 0 saturated carbocycles. The molecule has 1 aliphatic carbocycles. The van der Waals surface area contributed by atoms with Crippen LogP contribution >= 0.6 is 48.0 Å². The Morgan fingerprint density at radius 3 is 2.00 bits per heavy atom. The van der Waals surface area contributed by atoms with Crippen molar-refractivity contribution in [3.63, 3.8) is 0 Å². The minimum atomic E-state index is 0. The Hall–Kier alpha value is 1.58. The van der Waals surface area contributed by atoms with E-state index < -0.39 is 0 Å². The smallest absolute Gasteiger partial charge is 0.273 e. The molecule has 0 atom stereocenters. The summed E-state index contributed by atoms with van der Waals surface area (Å²) in [4.78, 5) is 0. The van der Waals surface area contributed by atoms with Gasteiger partial charge in [-0.25, -0.2) is 12.2 Å². The van der Waals surface area contributed by atoms with Crippen LogP contribution in [0.4, 0.5) is 0 Å². The first-order chi connectivity index (χ1) is 2.50. The van der Waals surface area contributed by atoms with Crippen LogP contribution in [0.15, 0.2) is 18.2 Å². The standard InChI is InChI=1S/C5H5.2HI.Os/c1-2-4-5-3-1;;;/h1-3H,4H2;2*1H;/q-1;;;+1. The molecule has 0 bridgehead atoms. The third-order valence-electron chi connectivity index (χ3n) is 0.586. The molecule has 0 heterocycles. The van der Waals surface area contributed by atoms with Crippen molar-refractivity contribution >= 4 is 48.0 Å². The number of hydrogen-bond donors (Lipinski definition) is 0. The largest absolute Gasteiger partial charge is 1.00 e. The average Bonchev–Trinajstić information content (AvgIpc) is 1.76. The molecule has 1 radical (unpaired) electrons. The molecule has 0 unspecified atom stereocenters. The van der Waals surface area contributed by atoms with E-state index in [1.807, 2.05) is 12.2 Å². The van der Waals surface area contributed by atoms with E-state index in [2.05, 4.69) is 12.2 Å². The molecule has 0 N–H and O–H groups in total. The fraction of sp³-hybridized carbons (Fsp3) is 0.200. The first-order valence-electron chi connectivity index (χ1n) is 1.72. The van der Waals surface area contributed by atoms with Crippen molar-refractivity contribution < 1.29 is 19.8 Å². The van der Waals surface area contributed by atoms with Gasteiger partial charge in [0.1, 0.15) is 0 Å². The fourth-order valence-electron chi connectivity index (χ4n) is 0.340. The van der Waals surface area contributed by atoms with Crippen molar-refractivity contribution in [2.75, 3.05) is 0 Å². The molecule has 0 aliphatic heterocycles. The average molecular weight is 511 g/mol. The molecule has 1 aliphatic rings. The molecule has 0 aromatic heterocycles. The van der Waals surface area contributed by atoms with E-state index in [9.17, 15) is 0 Å². The Labute approximate surface area is 97.3 Å². The Balaban J connectivity index is -0.0000000833. The van der Waals surface area contributed by atoms with Crippen molar-refractivity contribution in [1.82, 2.24) is 0 Å². The molecular formula is C5H7I2Os. The molecule has 0 amide bonds. The molecule has 0 aromatic carbocycles. The number of halogens is 2. The second-order valence-electron chi connectivity index (χ2n) is 1.00. The second-order valence-corrected chi connectivity index (χ2v) is 1.00. The molecule has 8 heavy (non-hydrogen) atoms. The Morgan fingerprint density at radius 1 is 1.25 bits per heavy atom. The van der Waals surface area contributed by atoms with Crippen LogP contribution in [0.2, 0.25) is 0 Å². The quantitative estimate of drug-likeness (QED) is 0.347. The summed E-state index contributed by atoms with van der Waals surface area (Å²) in [5, 5.41) is 0. The van der Waals surface area contributed by atoms with E-state index in [4.69, 9.17) is 0 Å². The summed E-state index contributed by atoms with van der Waals surface area (Å²) >= 11 is 0. The fourth-order valence-corrected chi connectivity index (χ4v) is 0.340. The summed E-state index contributed by atoms with van der Waals surface area (Å²) < 4.78 is 0. The maximum atomic E-state index is 2.99. The monoisotopic (exact) mass is 513 g/mol. The summed E-state index contributed by atoms with van der Waals surface area (Å²) in [5.74, 6) is 0. The van der Waals surface area contributed by atoms with Gasteiger partial charge in [-0.05, 0) is 0 Å². The van der Waals surface area contributed by atoms with Crippen LogP contribution < -0.4 is 0 Å². The molecule has 0 saturated heterocycles. The van der Waals surface area contributed by atoms with Crippen LogP contribution in [-0.4, -0.2) is 0 Å². The zero-order chi connectivity index (χ0) is 3.54. The minimum Gasteiger partial charge on any atom is -0.273 e. The van der Waals surface area contributed by atoms with Gasteiger partial charge in [0.05, 0.1) is 0 Å². The van der Waals surface area contributed by atoms with Crippen molar-refractivity contribution in [2.45, 2.75) is 6.42 Å². The normalized spacial score (nSPS) is 11.0. The van der Waals surface area contributed by atoms with Crippen LogP contribution in [0.5, 0.6) is 0 Å². The van der Waals surface area contributed by atoms with Crippen LogP contribution in [0.3, 0.4) is 0 Å². The molecule has 0 spiro atoms. The van der Waals surface area contributed by atoms with Gasteiger partial charge in [0, 0.05) is 0 Å². The first-order valence-corrected chi connectivity index (χ1v) is 1.72. The van der Waals surface area contributed by atoms with Crippen molar-refractivity contribution in [3.05, 3.63) is 24.3 Å². The molecule has 0 fully saturated rings. The van der Waals surface area contributed by atoms with Gasteiger partial charge >= 0.3 is 19.8 Å². The number of rotatable bonds is 0. The van der Waals surface area contributed by atoms with E-state index >= 15 is 0 Å². The summed E-state index contributed by atoms with van der Waals surface area (Å²) in [7, 11) is 0. The first kappa shape index (κ1) is 16.3. The van der Waals surface area contributed by atoms with Gasteiger partial charge in [-0.15, -0.1) is 54.4 Å². The summed E-state index contributed by atoms with van der Waals surface area (Å²) in [6.07, 6.45) is 10.0. The Bertz CT molecular complexity index is 68.5. The maximum Gasteiger partial charge on any atom is 1.00 e. The van der Waals surface area contributed by atoms with Gasteiger partial charge in [0.15, 0.2) is 0 Å². The van der Waals surface area contributed by atoms with Gasteiger partial charge in [-0.2, -0.15) is 6.08 Å². The molecule has 0 aromatic rings. The summed E-state index contributed by atoms with van der Waals surface area (Å²) in [6, 6.07) is 0. The van der Waals surface area contributed by atoms with Crippen LogP contribution in [0.1, 0.15) is 6.42 Å². The number of hydrogen-bond acceptors (Lipinski definition) is 0. The van der Waals surface area contributed by atoms with E-state index in [-0.39, 0.29) is 67.7 Å². The maximum absolute atomic E-state index is 2.99. The third kappa shape index (κ3) is 7.58. The molecule has 0 nitrogen and oxygen atoms in total. The third-order valence-corrected chi connectivity index (χ3v) is 0.586. The van der Waals surface area contributed by atoms with Crippen LogP contribution in [0.25, 0.3) is 0 Å². The second kappa shape index (κ2) is 11.4. The van der Waals surface area contributed by atoms with E-state index in [1.165, 1.54) is 0 Å². The topological polar surface area (TPSA) is 0 Å². The zero-order valence-corrected chi connectivity index (χ0v) is 11.3. The minimum absolute atomic E-state index is 0. The van der Waals surface area contributed by atoms with Gasteiger partial charge in [-0.3, -0.25) is 6.08 Å². The Morgan fingerprint density at radius 2 is 1.88 bits per heavy atom. The van der Waals surface area contributed by atoms with Gasteiger partial charge in [-0.1, -0.05) is 0 Å². The van der Waals surface area contributed by atoms with Crippen molar-refractivity contribution in [1.29, 1.82) is 0 Å². The SMILES string of the molecule is I.I.[C-]1=CC=CC1.[Os+]. The van der Waals surface area contributed by atoms with E-state index in [0.29, 0.717) is 0 Å². The molecular weight excluding hydrogens is 504 g/mol. The van der Waals surface area contributed by atoms with Gasteiger partial charge in [0.2, 0.25) is 0 Å². The van der Waals surface area contributed by atoms with Crippen LogP contribution in [0, 0.1) is 6.08 Å². The van der Waals surface area contributed by atoms with E-state index in [1.54, 1.807) is 0 Å². The van der Waals surface area contributed by atoms with Gasteiger partial charge < -0.3 is 0 Å². The predicted molar refractivity (Wildman–Crippen MR) is 52.4 cm³/mol. The number of allylic oxidation sites excluding steroid dienone is 4. The molecule has 3 heteroatoms. The zero-order valence-electron chi connectivity index (χ0n) is 4.11. The Kier molecular flexibility index (Phi) is 23.2. The van der Waals surface area contributed by atoms with E-state index in [0.717, 1.165) is 6.42 Å². The van der Waals surface area contributed by atoms with Crippen molar-refractivity contribution in [3.8, 4) is 0 Å². The van der Waals surface area contributed by atoms with Crippen molar-refractivity contribution in [2.24, 2.45) is 0 Å². The molecule has 49 valence electrons. The van der Waals surface area contributed by atoms with Gasteiger partial charge in [0.25, 0.3) is 0 Å². The van der Waals surface area contributed by atoms with Crippen LogP contribution in [-0.2, 0) is 19.8 Å². The summed E-state index contributed by atoms with van der Waals surface area (Å²) in [6.45, 7) is 0. The summed E-state index contributed by atoms with van der Waals surface area (Å²) in [5.41, 5.74) is 0.